The molecule has 0 spiro atoms. The van der Waals surface area contributed by atoms with Crippen molar-refractivity contribution in [3.05, 3.63) is 17.5 Å². The Labute approximate surface area is 91.3 Å². The summed E-state index contributed by atoms with van der Waals surface area (Å²) in [6.07, 6.45) is 4.01. The van der Waals surface area contributed by atoms with Gasteiger partial charge in [-0.25, -0.2) is 9.97 Å². The number of nitrogens with zero attached hydrogens (tertiary/aromatic N) is 3. The van der Waals surface area contributed by atoms with Gasteiger partial charge in [0.1, 0.15) is 0 Å². The van der Waals surface area contributed by atoms with Crippen molar-refractivity contribution in [1.29, 1.82) is 0 Å². The number of hydrogen-bond donors (Lipinski definition) is 0. The van der Waals surface area contributed by atoms with E-state index in [0.717, 1.165) is 25.1 Å². The molecule has 1 aromatic rings. The van der Waals surface area contributed by atoms with Crippen LogP contribution in [0.25, 0.3) is 0 Å². The Morgan fingerprint density at radius 1 is 1.40 bits per heavy atom. The van der Waals surface area contributed by atoms with Gasteiger partial charge in [-0.05, 0) is 46.0 Å². The minimum atomic E-state index is 0.448. The van der Waals surface area contributed by atoms with Crippen molar-refractivity contribution in [2.45, 2.75) is 19.8 Å². The first-order chi connectivity index (χ1) is 7.13. The molecule has 0 aliphatic carbocycles. The topological polar surface area (TPSA) is 38.2 Å². The lowest BCUT2D eigenvalue weighted by atomic mass is 10.1. The maximum Gasteiger partial charge on any atom is 0.316 e. The van der Waals surface area contributed by atoms with Gasteiger partial charge in [-0.1, -0.05) is 0 Å². The Hall–Kier alpha value is -1.16. The van der Waals surface area contributed by atoms with Crippen LogP contribution in [0, 0.1) is 6.92 Å². The Kier molecular flexibility index (Phi) is 4.49. The minimum absolute atomic E-state index is 0.448. The molecule has 0 atom stereocenters. The first kappa shape index (κ1) is 11.9. The van der Waals surface area contributed by atoms with Gasteiger partial charge in [0, 0.05) is 11.9 Å². The predicted octanol–water partition coefficient (Wildman–Crippen LogP) is 1.29. The summed E-state index contributed by atoms with van der Waals surface area (Å²) < 4.78 is 4.96. The van der Waals surface area contributed by atoms with Crippen molar-refractivity contribution < 1.29 is 4.74 Å². The van der Waals surface area contributed by atoms with Gasteiger partial charge in [0.05, 0.1) is 7.11 Å². The highest BCUT2D eigenvalue weighted by Crippen LogP contribution is 2.10. The molecule has 0 bridgehead atoms. The van der Waals surface area contributed by atoms with E-state index < -0.39 is 0 Å². The molecule has 0 radical (unpaired) electrons. The van der Waals surface area contributed by atoms with Crippen LogP contribution >= 0.6 is 0 Å². The third-order valence-corrected chi connectivity index (χ3v) is 2.29. The van der Waals surface area contributed by atoms with Crippen LogP contribution in [-0.2, 0) is 6.42 Å². The van der Waals surface area contributed by atoms with Gasteiger partial charge in [0.25, 0.3) is 0 Å². The lowest BCUT2D eigenvalue weighted by molar-refractivity contribution is 0.377. The molecule has 1 rings (SSSR count). The van der Waals surface area contributed by atoms with Crippen LogP contribution in [0.4, 0.5) is 0 Å². The SMILES string of the molecule is COc1ncc(CCCN(C)C)c(C)n1. The summed E-state index contributed by atoms with van der Waals surface area (Å²) in [6.45, 7) is 3.08. The van der Waals surface area contributed by atoms with E-state index >= 15 is 0 Å². The van der Waals surface area contributed by atoms with Crippen molar-refractivity contribution in [3.63, 3.8) is 0 Å². The second-order valence-electron chi connectivity index (χ2n) is 3.87. The van der Waals surface area contributed by atoms with E-state index in [-0.39, 0.29) is 0 Å². The van der Waals surface area contributed by atoms with E-state index in [1.807, 2.05) is 13.1 Å². The average Bonchev–Trinajstić information content (AvgIpc) is 2.20. The van der Waals surface area contributed by atoms with Gasteiger partial charge in [0.15, 0.2) is 0 Å². The van der Waals surface area contributed by atoms with E-state index in [9.17, 15) is 0 Å². The molecule has 0 fully saturated rings. The Bertz CT molecular complexity index is 313. The number of rotatable bonds is 5. The van der Waals surface area contributed by atoms with Crippen LogP contribution in [-0.4, -0.2) is 42.6 Å². The quantitative estimate of drug-likeness (QED) is 0.732. The summed E-state index contributed by atoms with van der Waals surface area (Å²) in [5.74, 6) is 0. The summed E-state index contributed by atoms with van der Waals surface area (Å²) in [4.78, 5) is 10.5. The maximum atomic E-state index is 4.96. The predicted molar refractivity (Wildman–Crippen MR) is 60.2 cm³/mol. The third kappa shape index (κ3) is 3.83. The Balaban J connectivity index is 2.54. The molecule has 15 heavy (non-hydrogen) atoms. The zero-order valence-electron chi connectivity index (χ0n) is 9.95. The molecule has 0 aromatic carbocycles. The average molecular weight is 209 g/mol. The third-order valence-electron chi connectivity index (χ3n) is 2.29. The molecule has 4 heteroatoms. The Morgan fingerprint density at radius 2 is 2.13 bits per heavy atom. The van der Waals surface area contributed by atoms with E-state index in [1.165, 1.54) is 5.56 Å². The van der Waals surface area contributed by atoms with Crippen LogP contribution in [0.1, 0.15) is 17.7 Å². The molecular weight excluding hydrogens is 190 g/mol. The highest BCUT2D eigenvalue weighted by Gasteiger charge is 2.03. The summed E-state index contributed by atoms with van der Waals surface area (Å²) in [5.41, 5.74) is 2.22. The highest BCUT2D eigenvalue weighted by atomic mass is 16.5. The largest absolute Gasteiger partial charge is 0.467 e. The first-order valence-electron chi connectivity index (χ1n) is 5.14. The second-order valence-corrected chi connectivity index (χ2v) is 3.87. The van der Waals surface area contributed by atoms with Gasteiger partial charge < -0.3 is 9.64 Å². The monoisotopic (exact) mass is 209 g/mol. The minimum Gasteiger partial charge on any atom is -0.467 e. The molecule has 1 heterocycles. The number of ether oxygens (including phenoxy) is 1. The second kappa shape index (κ2) is 5.66. The molecule has 1 aromatic heterocycles. The van der Waals surface area contributed by atoms with Crippen LogP contribution in [0.3, 0.4) is 0 Å². The molecule has 4 nitrogen and oxygen atoms in total. The van der Waals surface area contributed by atoms with Gasteiger partial charge in [-0.3, -0.25) is 0 Å². The lowest BCUT2D eigenvalue weighted by Gasteiger charge is -2.10. The molecule has 0 amide bonds. The smallest absolute Gasteiger partial charge is 0.316 e. The van der Waals surface area contributed by atoms with E-state index in [4.69, 9.17) is 4.74 Å². The molecule has 0 aliphatic heterocycles. The standard InChI is InChI=1S/C11H19N3O/c1-9-10(6-5-7-14(2)3)8-12-11(13-9)15-4/h8H,5-7H2,1-4H3. The van der Waals surface area contributed by atoms with Crippen LogP contribution in [0.2, 0.25) is 0 Å². The fourth-order valence-corrected chi connectivity index (χ4v) is 1.40. The molecular formula is C11H19N3O. The molecule has 84 valence electrons. The fourth-order valence-electron chi connectivity index (χ4n) is 1.40. The van der Waals surface area contributed by atoms with Crippen molar-refractivity contribution in [2.75, 3.05) is 27.7 Å². The summed E-state index contributed by atoms with van der Waals surface area (Å²) in [5, 5.41) is 0. The summed E-state index contributed by atoms with van der Waals surface area (Å²) in [6, 6.07) is 0.448. The van der Waals surface area contributed by atoms with Gasteiger partial charge in [-0.15, -0.1) is 0 Å². The van der Waals surface area contributed by atoms with Crippen LogP contribution in [0.5, 0.6) is 6.01 Å². The van der Waals surface area contributed by atoms with Crippen LogP contribution in [0.15, 0.2) is 6.20 Å². The normalized spacial score (nSPS) is 10.7. The number of aromatic nitrogens is 2. The zero-order chi connectivity index (χ0) is 11.3. The van der Waals surface area contributed by atoms with Crippen molar-refractivity contribution in [1.82, 2.24) is 14.9 Å². The van der Waals surface area contributed by atoms with E-state index in [1.54, 1.807) is 7.11 Å². The highest BCUT2D eigenvalue weighted by molar-refractivity contribution is 5.17. The lowest BCUT2D eigenvalue weighted by Crippen LogP contribution is -2.13. The van der Waals surface area contributed by atoms with Crippen molar-refractivity contribution in [3.8, 4) is 6.01 Å². The Morgan fingerprint density at radius 3 is 2.67 bits per heavy atom. The van der Waals surface area contributed by atoms with Gasteiger partial charge >= 0.3 is 6.01 Å². The van der Waals surface area contributed by atoms with Crippen molar-refractivity contribution in [2.24, 2.45) is 0 Å². The first-order valence-corrected chi connectivity index (χ1v) is 5.14. The van der Waals surface area contributed by atoms with Crippen LogP contribution < -0.4 is 4.74 Å². The maximum absolute atomic E-state index is 4.96. The van der Waals surface area contributed by atoms with Gasteiger partial charge in [-0.2, -0.15) is 0 Å². The number of hydrogen-bond acceptors (Lipinski definition) is 4. The van der Waals surface area contributed by atoms with E-state index in [2.05, 4.69) is 29.0 Å². The fraction of sp³-hybridized carbons (Fsp3) is 0.636. The number of methoxy groups -OCH3 is 1. The van der Waals surface area contributed by atoms with Crippen molar-refractivity contribution >= 4 is 0 Å². The zero-order valence-corrected chi connectivity index (χ0v) is 9.95. The molecule has 0 saturated heterocycles. The van der Waals surface area contributed by atoms with E-state index in [0.29, 0.717) is 6.01 Å². The molecule has 0 unspecified atom stereocenters. The number of aryl methyl sites for hydroxylation is 2. The summed E-state index contributed by atoms with van der Waals surface area (Å²) in [7, 11) is 5.75. The molecule has 0 aliphatic rings. The molecule has 0 N–H and O–H groups in total. The molecule has 0 saturated carbocycles. The summed E-state index contributed by atoms with van der Waals surface area (Å²) >= 11 is 0. The van der Waals surface area contributed by atoms with Gasteiger partial charge in [0.2, 0.25) is 0 Å².